The predicted octanol–water partition coefficient (Wildman–Crippen LogP) is 0.456. The van der Waals surface area contributed by atoms with Crippen LogP contribution < -0.4 is 0 Å². The first-order valence-corrected chi connectivity index (χ1v) is 4.76. The van der Waals surface area contributed by atoms with Crippen molar-refractivity contribution in [2.45, 2.75) is 12.8 Å². The van der Waals surface area contributed by atoms with E-state index in [4.69, 9.17) is 16.7 Å². The van der Waals surface area contributed by atoms with Crippen molar-refractivity contribution in [2.24, 2.45) is 5.92 Å². The smallest absolute Gasteiger partial charge is 0.223 e. The Morgan fingerprint density at radius 3 is 2.92 bits per heavy atom. The molecule has 70 valence electrons. The molecule has 1 atom stereocenters. The summed E-state index contributed by atoms with van der Waals surface area (Å²) in [6.45, 7) is 1.66. The van der Waals surface area contributed by atoms with Crippen LogP contribution in [0, 0.1) is 5.92 Å². The van der Waals surface area contributed by atoms with Gasteiger partial charge in [0.25, 0.3) is 0 Å². The van der Waals surface area contributed by atoms with Crippen molar-refractivity contribution in [3.8, 4) is 0 Å². The molecule has 0 aromatic heterocycles. The van der Waals surface area contributed by atoms with Gasteiger partial charge in [0.05, 0.1) is 0 Å². The fraction of sp³-hybridized carbons (Fsp3) is 0.875. The van der Waals surface area contributed by atoms with Crippen LogP contribution in [0.4, 0.5) is 0 Å². The van der Waals surface area contributed by atoms with E-state index in [1.165, 1.54) is 0 Å². The zero-order chi connectivity index (χ0) is 8.97. The third-order valence-electron chi connectivity index (χ3n) is 2.21. The molecule has 1 aliphatic heterocycles. The number of hydrogen-bond acceptors (Lipinski definition) is 2. The molecule has 0 radical (unpaired) electrons. The van der Waals surface area contributed by atoms with E-state index in [-0.39, 0.29) is 18.4 Å². The molecule has 1 aliphatic rings. The Labute approximate surface area is 77.3 Å². The summed E-state index contributed by atoms with van der Waals surface area (Å²) in [6.07, 6.45) is 1.34. The molecule has 0 unspecified atom stereocenters. The summed E-state index contributed by atoms with van der Waals surface area (Å²) >= 11 is 5.45. The summed E-state index contributed by atoms with van der Waals surface area (Å²) in [7, 11) is 0. The molecule has 1 rings (SSSR count). The number of carbonyl (C=O) groups excluding carboxylic acids is 1. The minimum Gasteiger partial charge on any atom is -0.396 e. The Bertz CT molecular complexity index is 163. The molecule has 0 spiro atoms. The fourth-order valence-corrected chi connectivity index (χ4v) is 1.61. The minimum atomic E-state index is 0.112. The van der Waals surface area contributed by atoms with Crippen LogP contribution in [0.1, 0.15) is 12.8 Å². The van der Waals surface area contributed by atoms with Crippen LogP contribution in [0.15, 0.2) is 0 Å². The van der Waals surface area contributed by atoms with Gasteiger partial charge in [-0.05, 0) is 6.42 Å². The second kappa shape index (κ2) is 4.67. The average Bonchev–Trinajstić information content (AvgIpc) is 2.52. The molecule has 0 bridgehead atoms. The first kappa shape index (κ1) is 9.81. The molecule has 1 N–H and O–H groups in total. The predicted molar refractivity (Wildman–Crippen MR) is 47.1 cm³/mol. The molecule has 1 saturated heterocycles. The molecule has 0 aliphatic carbocycles. The second-order valence-corrected chi connectivity index (χ2v) is 3.49. The monoisotopic (exact) mass is 191 g/mol. The molecule has 0 saturated carbocycles. The van der Waals surface area contributed by atoms with Gasteiger partial charge in [-0.1, -0.05) is 0 Å². The van der Waals surface area contributed by atoms with E-state index < -0.39 is 0 Å². The number of carbonyl (C=O) groups is 1. The molecular formula is C8H14ClNO2. The number of aliphatic hydroxyl groups is 1. The molecule has 0 aromatic carbocycles. The Balaban J connectivity index is 2.31. The number of likely N-dealkylation sites (tertiary alicyclic amines) is 1. The number of nitrogens with zero attached hydrogens (tertiary/aromatic N) is 1. The summed E-state index contributed by atoms with van der Waals surface area (Å²) in [5, 5.41) is 8.83. The van der Waals surface area contributed by atoms with E-state index in [1.807, 2.05) is 0 Å². The van der Waals surface area contributed by atoms with Gasteiger partial charge in [-0.3, -0.25) is 4.79 Å². The lowest BCUT2D eigenvalue weighted by Crippen LogP contribution is -2.29. The van der Waals surface area contributed by atoms with E-state index in [9.17, 15) is 4.79 Å². The van der Waals surface area contributed by atoms with Gasteiger partial charge in [0, 0.05) is 37.9 Å². The lowest BCUT2D eigenvalue weighted by atomic mass is 10.1. The SMILES string of the molecule is O=C(CCCl)N1CC[C@@H](CO)C1. The molecule has 1 amide bonds. The van der Waals surface area contributed by atoms with Gasteiger partial charge in [-0.25, -0.2) is 0 Å². The van der Waals surface area contributed by atoms with Crippen LogP contribution in [0.25, 0.3) is 0 Å². The van der Waals surface area contributed by atoms with Gasteiger partial charge in [0.2, 0.25) is 5.91 Å². The number of halogens is 1. The topological polar surface area (TPSA) is 40.5 Å². The fourth-order valence-electron chi connectivity index (χ4n) is 1.45. The average molecular weight is 192 g/mol. The normalized spacial score (nSPS) is 23.2. The number of amides is 1. The third kappa shape index (κ3) is 2.35. The number of alkyl halides is 1. The third-order valence-corrected chi connectivity index (χ3v) is 2.39. The standard InChI is InChI=1S/C8H14ClNO2/c9-3-1-8(12)10-4-2-7(5-10)6-11/h7,11H,1-6H2/t7-/m1/s1. The molecular weight excluding hydrogens is 178 g/mol. The van der Waals surface area contributed by atoms with Crippen molar-refractivity contribution in [3.05, 3.63) is 0 Å². The maximum atomic E-state index is 11.3. The highest BCUT2D eigenvalue weighted by Crippen LogP contribution is 2.16. The summed E-state index contributed by atoms with van der Waals surface area (Å²) in [5.41, 5.74) is 0. The van der Waals surface area contributed by atoms with Gasteiger partial charge in [0.1, 0.15) is 0 Å². The highest BCUT2D eigenvalue weighted by atomic mass is 35.5. The van der Waals surface area contributed by atoms with Crippen LogP contribution in [0.3, 0.4) is 0 Å². The number of rotatable bonds is 3. The first-order valence-electron chi connectivity index (χ1n) is 4.22. The van der Waals surface area contributed by atoms with Gasteiger partial charge in [-0.15, -0.1) is 11.6 Å². The van der Waals surface area contributed by atoms with E-state index in [0.29, 0.717) is 18.8 Å². The van der Waals surface area contributed by atoms with Gasteiger partial charge in [-0.2, -0.15) is 0 Å². The summed E-state index contributed by atoms with van der Waals surface area (Å²) in [6, 6.07) is 0. The molecule has 12 heavy (non-hydrogen) atoms. The number of hydrogen-bond donors (Lipinski definition) is 1. The molecule has 4 heteroatoms. The van der Waals surface area contributed by atoms with Crippen LogP contribution >= 0.6 is 11.6 Å². The van der Waals surface area contributed by atoms with Crippen molar-refractivity contribution in [2.75, 3.05) is 25.6 Å². The highest BCUT2D eigenvalue weighted by Gasteiger charge is 2.24. The highest BCUT2D eigenvalue weighted by molar-refractivity contribution is 6.18. The summed E-state index contributed by atoms with van der Waals surface area (Å²) in [4.78, 5) is 13.0. The van der Waals surface area contributed by atoms with E-state index in [1.54, 1.807) is 4.90 Å². The lowest BCUT2D eigenvalue weighted by Gasteiger charge is -2.14. The quantitative estimate of drug-likeness (QED) is 0.659. The van der Waals surface area contributed by atoms with Gasteiger partial charge in [0.15, 0.2) is 0 Å². The van der Waals surface area contributed by atoms with Crippen LogP contribution in [0.2, 0.25) is 0 Å². The summed E-state index contributed by atoms with van der Waals surface area (Å²) in [5.74, 6) is 0.782. The Hall–Kier alpha value is -0.280. The zero-order valence-corrected chi connectivity index (χ0v) is 7.76. The maximum absolute atomic E-state index is 11.3. The second-order valence-electron chi connectivity index (χ2n) is 3.12. The van der Waals surface area contributed by atoms with Crippen LogP contribution in [-0.2, 0) is 4.79 Å². The Kier molecular flexibility index (Phi) is 3.82. The van der Waals surface area contributed by atoms with E-state index >= 15 is 0 Å². The van der Waals surface area contributed by atoms with E-state index in [2.05, 4.69) is 0 Å². The van der Waals surface area contributed by atoms with Gasteiger partial charge >= 0.3 is 0 Å². The van der Waals surface area contributed by atoms with Crippen LogP contribution in [0.5, 0.6) is 0 Å². The van der Waals surface area contributed by atoms with E-state index in [0.717, 1.165) is 13.0 Å². The molecule has 3 nitrogen and oxygen atoms in total. The molecule has 0 aromatic rings. The largest absolute Gasteiger partial charge is 0.396 e. The van der Waals surface area contributed by atoms with Crippen molar-refractivity contribution in [3.63, 3.8) is 0 Å². The van der Waals surface area contributed by atoms with Crippen molar-refractivity contribution in [1.29, 1.82) is 0 Å². The minimum absolute atomic E-state index is 0.112. The number of aliphatic hydroxyl groups excluding tert-OH is 1. The Morgan fingerprint density at radius 1 is 1.67 bits per heavy atom. The van der Waals surface area contributed by atoms with Crippen molar-refractivity contribution in [1.82, 2.24) is 4.90 Å². The van der Waals surface area contributed by atoms with Crippen LogP contribution in [-0.4, -0.2) is 41.5 Å². The van der Waals surface area contributed by atoms with Gasteiger partial charge < -0.3 is 10.0 Å². The zero-order valence-electron chi connectivity index (χ0n) is 7.00. The van der Waals surface area contributed by atoms with Crippen molar-refractivity contribution < 1.29 is 9.90 Å². The van der Waals surface area contributed by atoms with Crippen molar-refractivity contribution >= 4 is 17.5 Å². The maximum Gasteiger partial charge on any atom is 0.223 e. The lowest BCUT2D eigenvalue weighted by molar-refractivity contribution is -0.129. The molecule has 1 heterocycles. The molecule has 1 fully saturated rings. The first-order chi connectivity index (χ1) is 5.77. The summed E-state index contributed by atoms with van der Waals surface area (Å²) < 4.78 is 0. The Morgan fingerprint density at radius 2 is 2.42 bits per heavy atom.